The molecule has 0 spiro atoms. The van der Waals surface area contributed by atoms with Crippen molar-refractivity contribution < 1.29 is 0 Å². The number of rotatable bonds is 2. The maximum absolute atomic E-state index is 5.55. The summed E-state index contributed by atoms with van der Waals surface area (Å²) >= 11 is 2.91. The molecule has 2 aromatic heterocycles. The second-order valence-electron chi connectivity index (χ2n) is 2.37. The summed E-state index contributed by atoms with van der Waals surface area (Å²) in [7, 11) is 0. The molecular weight excluding hydrogens is 218 g/mol. The van der Waals surface area contributed by atoms with E-state index in [9.17, 15) is 0 Å². The highest BCUT2D eigenvalue weighted by molar-refractivity contribution is 7.98. The third-order valence-corrected chi connectivity index (χ3v) is 2.78. The summed E-state index contributed by atoms with van der Waals surface area (Å²) < 4.78 is 0. The maximum atomic E-state index is 5.55. The largest absolute Gasteiger partial charge is 0.368 e. The van der Waals surface area contributed by atoms with Crippen LogP contribution in [0.15, 0.2) is 16.9 Å². The van der Waals surface area contributed by atoms with Gasteiger partial charge in [-0.05, 0) is 6.26 Å². The Hall–Kier alpha value is -1.21. The van der Waals surface area contributed by atoms with Gasteiger partial charge in [0.05, 0.1) is 10.4 Å². The third kappa shape index (κ3) is 1.83. The molecule has 7 heteroatoms. The molecule has 0 saturated heterocycles. The third-order valence-electron chi connectivity index (χ3n) is 1.47. The summed E-state index contributed by atoms with van der Waals surface area (Å²) in [5, 5.41) is 0.626. The van der Waals surface area contributed by atoms with Crippen molar-refractivity contribution in [3.8, 4) is 10.7 Å². The average Bonchev–Trinajstić information content (AvgIpc) is 2.69. The number of thiazole rings is 1. The van der Waals surface area contributed by atoms with Crippen LogP contribution in [0.3, 0.4) is 0 Å². The molecule has 2 heterocycles. The first-order valence-corrected chi connectivity index (χ1v) is 5.84. The van der Waals surface area contributed by atoms with E-state index in [0.29, 0.717) is 11.0 Å². The van der Waals surface area contributed by atoms with Gasteiger partial charge in [-0.15, -0.1) is 11.3 Å². The van der Waals surface area contributed by atoms with Crippen LogP contribution >= 0.6 is 23.1 Å². The Labute approximate surface area is 88.8 Å². The lowest BCUT2D eigenvalue weighted by Crippen LogP contribution is -2.00. The molecule has 72 valence electrons. The Balaban J connectivity index is 2.48. The first kappa shape index (κ1) is 9.35. The predicted molar refractivity (Wildman–Crippen MR) is 57.1 cm³/mol. The molecule has 0 aromatic carbocycles. The molecule has 5 nitrogen and oxygen atoms in total. The van der Waals surface area contributed by atoms with Gasteiger partial charge in [-0.3, -0.25) is 4.98 Å². The summed E-state index contributed by atoms with van der Waals surface area (Å²) in [5.41, 5.74) is 7.28. The molecule has 2 N–H and O–H groups in total. The molecular formula is C7H7N5S2. The number of nitrogen functional groups attached to an aromatic ring is 1. The second-order valence-corrected chi connectivity index (χ2v) is 4.03. The molecule has 14 heavy (non-hydrogen) atoms. The van der Waals surface area contributed by atoms with Gasteiger partial charge in [-0.2, -0.15) is 9.97 Å². The van der Waals surface area contributed by atoms with Gasteiger partial charge in [0.25, 0.3) is 0 Å². The van der Waals surface area contributed by atoms with E-state index in [1.165, 1.54) is 23.1 Å². The van der Waals surface area contributed by atoms with Crippen molar-refractivity contribution in [1.82, 2.24) is 19.9 Å². The van der Waals surface area contributed by atoms with Crippen molar-refractivity contribution in [3.63, 3.8) is 0 Å². The van der Waals surface area contributed by atoms with E-state index in [0.717, 1.165) is 4.88 Å². The number of hydrogen-bond acceptors (Lipinski definition) is 7. The SMILES string of the molecule is CSc1nc(N)nc(-c2cncs2)n1. The molecule has 0 aliphatic heterocycles. The lowest BCUT2D eigenvalue weighted by molar-refractivity contribution is 0.929. The van der Waals surface area contributed by atoms with Gasteiger partial charge in [0, 0.05) is 6.20 Å². The van der Waals surface area contributed by atoms with Gasteiger partial charge in [0.1, 0.15) is 0 Å². The summed E-state index contributed by atoms with van der Waals surface area (Å²) in [6, 6.07) is 0. The fourth-order valence-corrected chi connectivity index (χ4v) is 1.82. The zero-order chi connectivity index (χ0) is 9.97. The van der Waals surface area contributed by atoms with Crippen molar-refractivity contribution in [2.45, 2.75) is 5.16 Å². The second kappa shape index (κ2) is 3.89. The van der Waals surface area contributed by atoms with Crippen LogP contribution in [-0.4, -0.2) is 26.2 Å². The average molecular weight is 225 g/mol. The number of anilines is 1. The quantitative estimate of drug-likeness (QED) is 0.776. The normalized spacial score (nSPS) is 10.4. The monoisotopic (exact) mass is 225 g/mol. The van der Waals surface area contributed by atoms with Crippen molar-refractivity contribution >= 4 is 29.0 Å². The highest BCUT2D eigenvalue weighted by Gasteiger charge is 2.06. The molecule has 0 bridgehead atoms. The highest BCUT2D eigenvalue weighted by Crippen LogP contribution is 2.21. The van der Waals surface area contributed by atoms with Crippen LogP contribution in [0, 0.1) is 0 Å². The van der Waals surface area contributed by atoms with E-state index in [4.69, 9.17) is 5.73 Å². The minimum Gasteiger partial charge on any atom is -0.368 e. The smallest absolute Gasteiger partial charge is 0.224 e. The van der Waals surface area contributed by atoms with Crippen molar-refractivity contribution in [3.05, 3.63) is 11.7 Å². The molecule has 0 fully saturated rings. The Morgan fingerprint density at radius 1 is 1.36 bits per heavy atom. The fourth-order valence-electron chi connectivity index (χ4n) is 0.900. The standard InChI is InChI=1S/C7H7N5S2/c1-13-7-11-5(10-6(8)12-7)4-2-9-3-14-4/h2-3H,1H3,(H2,8,10,11,12). The van der Waals surface area contributed by atoms with Gasteiger partial charge in [-0.1, -0.05) is 11.8 Å². The first-order valence-electron chi connectivity index (χ1n) is 3.74. The van der Waals surface area contributed by atoms with E-state index in [-0.39, 0.29) is 5.95 Å². The first-order chi connectivity index (χ1) is 6.79. The van der Waals surface area contributed by atoms with Crippen LogP contribution in [0.1, 0.15) is 0 Å². The van der Waals surface area contributed by atoms with Gasteiger partial charge in [-0.25, -0.2) is 4.98 Å². The van der Waals surface area contributed by atoms with E-state index < -0.39 is 0 Å². The summed E-state index contributed by atoms with van der Waals surface area (Å²) in [6.45, 7) is 0. The number of hydrogen-bond donors (Lipinski definition) is 1. The van der Waals surface area contributed by atoms with E-state index in [1.54, 1.807) is 11.7 Å². The summed E-state index contributed by atoms with van der Waals surface area (Å²) in [5.74, 6) is 0.831. The minimum atomic E-state index is 0.243. The molecule has 2 aromatic rings. The van der Waals surface area contributed by atoms with Gasteiger partial charge >= 0.3 is 0 Å². The zero-order valence-corrected chi connectivity index (χ0v) is 8.97. The predicted octanol–water partition coefficient (Wildman–Crippen LogP) is 1.30. The summed E-state index contributed by atoms with van der Waals surface area (Å²) in [4.78, 5) is 17.1. The molecule has 0 radical (unpaired) electrons. The van der Waals surface area contributed by atoms with Crippen LogP contribution in [0.25, 0.3) is 10.7 Å². The lowest BCUT2D eigenvalue weighted by atomic mass is 10.5. The van der Waals surface area contributed by atoms with Gasteiger partial charge in [0.2, 0.25) is 5.95 Å². The Bertz CT molecular complexity index is 428. The molecule has 0 amide bonds. The molecule has 0 aliphatic rings. The van der Waals surface area contributed by atoms with Gasteiger partial charge < -0.3 is 5.73 Å². The van der Waals surface area contributed by atoms with Crippen LogP contribution in [0.2, 0.25) is 0 Å². The number of nitrogens with two attached hydrogens (primary N) is 1. The number of nitrogens with zero attached hydrogens (tertiary/aromatic N) is 4. The van der Waals surface area contributed by atoms with Crippen LogP contribution < -0.4 is 5.73 Å². The van der Waals surface area contributed by atoms with Crippen LogP contribution in [0.5, 0.6) is 0 Å². The minimum absolute atomic E-state index is 0.243. The van der Waals surface area contributed by atoms with Crippen molar-refractivity contribution in [2.75, 3.05) is 12.0 Å². The number of aromatic nitrogens is 4. The van der Waals surface area contributed by atoms with E-state index in [1.807, 2.05) is 6.26 Å². The van der Waals surface area contributed by atoms with Gasteiger partial charge in [0.15, 0.2) is 11.0 Å². The molecule has 2 rings (SSSR count). The zero-order valence-electron chi connectivity index (χ0n) is 7.34. The number of thioether (sulfide) groups is 1. The van der Waals surface area contributed by atoms with Crippen molar-refractivity contribution in [2.24, 2.45) is 0 Å². The topological polar surface area (TPSA) is 77.6 Å². The van der Waals surface area contributed by atoms with Crippen LogP contribution in [-0.2, 0) is 0 Å². The van der Waals surface area contributed by atoms with Crippen LogP contribution in [0.4, 0.5) is 5.95 Å². The highest BCUT2D eigenvalue weighted by atomic mass is 32.2. The Morgan fingerprint density at radius 2 is 2.21 bits per heavy atom. The Kier molecular flexibility index (Phi) is 2.60. The van der Waals surface area contributed by atoms with Crippen molar-refractivity contribution in [1.29, 1.82) is 0 Å². The van der Waals surface area contributed by atoms with E-state index >= 15 is 0 Å². The molecule has 0 aliphatic carbocycles. The lowest BCUT2D eigenvalue weighted by Gasteiger charge is -1.99. The molecule has 0 saturated carbocycles. The maximum Gasteiger partial charge on any atom is 0.224 e. The molecule has 0 unspecified atom stereocenters. The van der Waals surface area contributed by atoms with E-state index in [2.05, 4.69) is 19.9 Å². The Morgan fingerprint density at radius 3 is 2.86 bits per heavy atom. The molecule has 0 atom stereocenters. The summed E-state index contributed by atoms with van der Waals surface area (Å²) in [6.07, 6.45) is 3.61. The fraction of sp³-hybridized carbons (Fsp3) is 0.143.